The normalized spacial score (nSPS) is 19.6. The minimum atomic E-state index is -0.942. The lowest BCUT2D eigenvalue weighted by atomic mass is 9.89. The summed E-state index contributed by atoms with van der Waals surface area (Å²) in [6, 6.07) is 4.68. The molecule has 1 aromatic heterocycles. The smallest absolute Gasteiger partial charge is 0.323 e. The topological polar surface area (TPSA) is 150 Å². The van der Waals surface area contributed by atoms with E-state index >= 15 is 0 Å². The number of anilines is 1. The van der Waals surface area contributed by atoms with Crippen molar-refractivity contribution >= 4 is 38.6 Å². The zero-order valence-electron chi connectivity index (χ0n) is 17.6. The number of carbonyl (C=O) groups is 1. The van der Waals surface area contributed by atoms with Crippen LogP contribution in [0.5, 0.6) is 0 Å². The van der Waals surface area contributed by atoms with Crippen LogP contribution >= 0.6 is 11.3 Å². The van der Waals surface area contributed by atoms with E-state index in [0.717, 1.165) is 32.4 Å². The Morgan fingerprint density at radius 3 is 2.30 bits per heavy atom. The molecule has 12 heteroatoms. The van der Waals surface area contributed by atoms with Gasteiger partial charge in [0.15, 0.2) is 0 Å². The van der Waals surface area contributed by atoms with Gasteiger partial charge in [-0.1, -0.05) is 0 Å². The summed E-state index contributed by atoms with van der Waals surface area (Å²) in [7, 11) is 1.78. The number of hydrogen-bond donors (Lipinski definition) is 0. The second-order valence-electron chi connectivity index (χ2n) is 8.02. The van der Waals surface area contributed by atoms with Crippen LogP contribution in [0.3, 0.4) is 0 Å². The number of rotatable bonds is 4. The molecule has 33 heavy (non-hydrogen) atoms. The van der Waals surface area contributed by atoms with Crippen molar-refractivity contribution in [2.45, 2.75) is 19.3 Å². The summed E-state index contributed by atoms with van der Waals surface area (Å²) in [4.78, 5) is 46.7. The molecule has 0 spiro atoms. The molecule has 0 saturated carbocycles. The van der Waals surface area contributed by atoms with Crippen LogP contribution in [0.1, 0.15) is 18.7 Å². The Bertz CT molecular complexity index is 1410. The zero-order chi connectivity index (χ0) is 24.2. The van der Waals surface area contributed by atoms with Crippen molar-refractivity contribution in [1.82, 2.24) is 0 Å². The molecule has 0 bridgehead atoms. The molecule has 4 rings (SSSR count). The lowest BCUT2D eigenvalue weighted by molar-refractivity contribution is -0.431. The lowest BCUT2D eigenvalue weighted by Gasteiger charge is -2.24. The Balaban J connectivity index is 1.82. The molecule has 1 aliphatic heterocycles. The van der Waals surface area contributed by atoms with Gasteiger partial charge in [-0.25, -0.2) is 0 Å². The number of fused-ring (bicyclic) bond motifs is 3. The van der Waals surface area contributed by atoms with Gasteiger partial charge < -0.3 is 4.90 Å². The molecule has 0 amide bonds. The Morgan fingerprint density at radius 2 is 1.70 bits per heavy atom. The van der Waals surface area contributed by atoms with E-state index in [9.17, 15) is 35.1 Å². The minimum absolute atomic E-state index is 0.0294. The molecule has 0 radical (unpaired) electrons. The standard InChI is InChI=1S/C21H16N4O7S/c1-21(2)17(7-4-11-8-13(24(29)30)10-15(19(11)26)25(31)32)22(3)18-14-9-12(23(27)28)5-6-16(14)33-20(18)21/h4-10H,1-3H3/b11-4+,17-7+. The van der Waals surface area contributed by atoms with Crippen LogP contribution in [0.25, 0.3) is 10.1 Å². The third-order valence-corrected chi connectivity index (χ3v) is 7.16. The van der Waals surface area contributed by atoms with Crippen molar-refractivity contribution < 1.29 is 19.6 Å². The fraction of sp³-hybridized carbons (Fsp3) is 0.190. The maximum absolute atomic E-state index is 12.5. The number of thiophene rings is 1. The number of nitrogens with zero attached hydrogens (tertiary/aromatic N) is 4. The predicted molar refractivity (Wildman–Crippen MR) is 121 cm³/mol. The molecule has 0 fully saturated rings. The predicted octanol–water partition coefficient (Wildman–Crippen LogP) is 4.25. The first kappa shape index (κ1) is 22.0. The van der Waals surface area contributed by atoms with E-state index in [0.29, 0.717) is 6.08 Å². The quantitative estimate of drug-likeness (QED) is 0.367. The summed E-state index contributed by atoms with van der Waals surface area (Å²) >= 11 is 1.50. The number of likely N-dealkylation sites (N-methyl/N-ethyl adjacent to an activating group) is 1. The van der Waals surface area contributed by atoms with Crippen molar-refractivity contribution in [2.24, 2.45) is 0 Å². The second-order valence-corrected chi connectivity index (χ2v) is 9.07. The van der Waals surface area contributed by atoms with Gasteiger partial charge in [-0.3, -0.25) is 35.1 Å². The van der Waals surface area contributed by atoms with Crippen molar-refractivity contribution in [2.75, 3.05) is 11.9 Å². The maximum atomic E-state index is 12.5. The molecular formula is C21H16N4O7S. The molecular weight excluding hydrogens is 452 g/mol. The first-order valence-electron chi connectivity index (χ1n) is 9.58. The van der Waals surface area contributed by atoms with Crippen LogP contribution in [0.2, 0.25) is 0 Å². The monoisotopic (exact) mass is 468 g/mol. The Labute approximate surface area is 190 Å². The van der Waals surface area contributed by atoms with E-state index in [1.165, 1.54) is 29.5 Å². The fourth-order valence-electron chi connectivity index (χ4n) is 4.07. The van der Waals surface area contributed by atoms with Crippen LogP contribution in [-0.2, 0) is 10.2 Å². The van der Waals surface area contributed by atoms with E-state index < -0.39 is 37.4 Å². The van der Waals surface area contributed by atoms with Gasteiger partial charge in [-0.05, 0) is 32.1 Å². The summed E-state index contributed by atoms with van der Waals surface area (Å²) < 4.78 is 0.893. The number of allylic oxidation sites excluding steroid dienone is 6. The van der Waals surface area contributed by atoms with Gasteiger partial charge in [0.25, 0.3) is 17.2 Å². The summed E-state index contributed by atoms with van der Waals surface area (Å²) in [5.41, 5.74) is -0.648. The first-order valence-corrected chi connectivity index (χ1v) is 10.4. The van der Waals surface area contributed by atoms with Crippen molar-refractivity contribution in [3.05, 3.63) is 100 Å². The highest BCUT2D eigenvalue weighted by atomic mass is 32.1. The van der Waals surface area contributed by atoms with Crippen LogP contribution in [0, 0.1) is 30.3 Å². The highest BCUT2D eigenvalue weighted by Gasteiger charge is 2.42. The van der Waals surface area contributed by atoms with Crippen LogP contribution in [-0.4, -0.2) is 27.6 Å². The Morgan fingerprint density at radius 1 is 1.00 bits per heavy atom. The number of hydrogen-bond acceptors (Lipinski definition) is 9. The molecule has 2 aliphatic rings. The number of carbonyl (C=O) groups excluding carboxylic acids is 1. The van der Waals surface area contributed by atoms with Gasteiger partial charge in [-0.15, -0.1) is 11.3 Å². The molecule has 0 atom stereocenters. The van der Waals surface area contributed by atoms with Gasteiger partial charge in [0, 0.05) is 56.9 Å². The highest BCUT2D eigenvalue weighted by Crippen LogP contribution is 2.54. The molecule has 0 unspecified atom stereocenters. The summed E-state index contributed by atoms with van der Waals surface area (Å²) in [6.45, 7) is 3.90. The van der Waals surface area contributed by atoms with E-state index in [4.69, 9.17) is 0 Å². The summed E-state index contributed by atoms with van der Waals surface area (Å²) in [6.07, 6.45) is 4.58. The largest absolute Gasteiger partial charge is 0.346 e. The molecule has 0 saturated heterocycles. The van der Waals surface area contributed by atoms with Crippen LogP contribution in [0.15, 0.2) is 65.2 Å². The number of nitro benzene ring substituents is 1. The molecule has 2 aromatic rings. The zero-order valence-corrected chi connectivity index (χ0v) is 18.4. The molecule has 1 aromatic carbocycles. The second kappa shape index (κ2) is 7.45. The van der Waals surface area contributed by atoms with Gasteiger partial charge in [-0.2, -0.15) is 0 Å². The SMILES string of the molecule is CN1/C(=C/C=C2\C=C([N+](=O)[O-])C=C([N+](=O)[O-])C2=O)C(C)(C)c2sc3ccc([N+](=O)[O-])cc3c21. The van der Waals surface area contributed by atoms with Crippen molar-refractivity contribution in [3.63, 3.8) is 0 Å². The van der Waals surface area contributed by atoms with Gasteiger partial charge in [0.1, 0.15) is 0 Å². The fourth-order valence-corrected chi connectivity index (χ4v) is 5.40. The Kier molecular flexibility index (Phi) is 4.97. The van der Waals surface area contributed by atoms with Crippen LogP contribution in [0.4, 0.5) is 11.4 Å². The van der Waals surface area contributed by atoms with Crippen molar-refractivity contribution in [3.8, 4) is 0 Å². The maximum Gasteiger partial charge on any atom is 0.323 e. The van der Waals surface area contributed by atoms with Gasteiger partial charge >= 0.3 is 5.70 Å². The lowest BCUT2D eigenvalue weighted by Crippen LogP contribution is -2.23. The molecule has 2 heterocycles. The highest BCUT2D eigenvalue weighted by molar-refractivity contribution is 7.20. The average Bonchev–Trinajstić information content (AvgIpc) is 3.21. The van der Waals surface area contributed by atoms with E-state index in [-0.39, 0.29) is 11.3 Å². The third kappa shape index (κ3) is 3.40. The molecule has 0 N–H and O–H groups in total. The van der Waals surface area contributed by atoms with Gasteiger partial charge in [0.2, 0.25) is 0 Å². The number of benzene rings is 1. The number of Topliss-reactive ketones (excluding diaryl/α,β-unsaturated/α-hetero) is 1. The van der Waals surface area contributed by atoms with Gasteiger partial charge in [0.05, 0.1) is 26.5 Å². The first-order chi connectivity index (χ1) is 15.4. The van der Waals surface area contributed by atoms with E-state index in [2.05, 4.69) is 0 Å². The van der Waals surface area contributed by atoms with Crippen molar-refractivity contribution in [1.29, 1.82) is 0 Å². The summed E-state index contributed by atoms with van der Waals surface area (Å²) in [5, 5.41) is 34.3. The molecule has 11 nitrogen and oxygen atoms in total. The molecule has 168 valence electrons. The number of nitro groups is 3. The average molecular weight is 468 g/mol. The number of ketones is 1. The van der Waals surface area contributed by atoms with Crippen LogP contribution < -0.4 is 4.90 Å². The minimum Gasteiger partial charge on any atom is -0.346 e. The third-order valence-electron chi connectivity index (χ3n) is 5.67. The summed E-state index contributed by atoms with van der Waals surface area (Å²) in [5.74, 6) is -0.920. The van der Waals surface area contributed by atoms with E-state index in [1.54, 1.807) is 19.2 Å². The number of non-ortho nitro benzene ring substituents is 1. The van der Waals surface area contributed by atoms with E-state index in [1.807, 2.05) is 18.7 Å². The molecule has 1 aliphatic carbocycles. The Hall–Kier alpha value is -4.19.